The van der Waals surface area contributed by atoms with Crippen LogP contribution in [0, 0.1) is 0 Å². The molecule has 0 aromatic heterocycles. The number of anilines is 1. The number of hydrogen-bond donors (Lipinski definition) is 0. The minimum atomic E-state index is -0.494. The molecule has 5 nitrogen and oxygen atoms in total. The number of oxime groups is 1. The third-order valence-corrected chi connectivity index (χ3v) is 2.11. The van der Waals surface area contributed by atoms with Gasteiger partial charge in [-0.15, -0.1) is 0 Å². The molecule has 0 heterocycles. The second-order valence-corrected chi connectivity index (χ2v) is 3.97. The number of nitrogens with zero attached hydrogens (tertiary/aromatic N) is 3. The van der Waals surface area contributed by atoms with Gasteiger partial charge < -0.3 is 9.80 Å². The molecule has 0 aliphatic rings. The molecule has 0 radical (unpaired) electrons. The summed E-state index contributed by atoms with van der Waals surface area (Å²) in [4.78, 5) is 19.0. The fourth-order valence-electron chi connectivity index (χ4n) is 1.07. The van der Waals surface area contributed by atoms with Gasteiger partial charge in [0.2, 0.25) is 0 Å². The molecule has 0 saturated carbocycles. The van der Waals surface area contributed by atoms with Crippen LogP contribution < -0.4 is 4.90 Å². The van der Waals surface area contributed by atoms with Crippen molar-refractivity contribution in [1.29, 1.82) is 0 Å². The average Bonchev–Trinajstić information content (AvgIpc) is 2.29. The van der Waals surface area contributed by atoms with E-state index in [4.69, 9.17) is 0 Å². The normalized spacial score (nSPS) is 10.4. The van der Waals surface area contributed by atoms with Crippen LogP contribution in [-0.4, -0.2) is 45.4 Å². The van der Waals surface area contributed by atoms with E-state index in [2.05, 4.69) is 9.99 Å². The van der Waals surface area contributed by atoms with Crippen molar-refractivity contribution in [2.75, 3.05) is 33.1 Å². The molecule has 0 unspecified atom stereocenters. The van der Waals surface area contributed by atoms with Gasteiger partial charge in [-0.2, -0.15) is 0 Å². The summed E-state index contributed by atoms with van der Waals surface area (Å²) in [5, 5.41) is 3.61. The Kier molecular flexibility index (Phi) is 4.51. The van der Waals surface area contributed by atoms with E-state index < -0.39 is 6.09 Å². The van der Waals surface area contributed by atoms with E-state index >= 15 is 0 Å². The molecule has 0 aliphatic heterocycles. The molecule has 17 heavy (non-hydrogen) atoms. The van der Waals surface area contributed by atoms with Gasteiger partial charge in [-0.1, -0.05) is 17.3 Å². The quantitative estimate of drug-likeness (QED) is 0.456. The van der Waals surface area contributed by atoms with E-state index in [-0.39, 0.29) is 0 Å². The molecule has 0 saturated heterocycles. The van der Waals surface area contributed by atoms with Crippen molar-refractivity contribution >= 4 is 18.0 Å². The predicted octanol–water partition coefficient (Wildman–Crippen LogP) is 1.78. The molecule has 0 aliphatic carbocycles. The highest BCUT2D eigenvalue weighted by molar-refractivity contribution is 5.80. The van der Waals surface area contributed by atoms with Crippen molar-refractivity contribution in [3.8, 4) is 0 Å². The topological polar surface area (TPSA) is 45.1 Å². The molecule has 0 bridgehead atoms. The molecule has 1 amide bonds. The van der Waals surface area contributed by atoms with Crippen molar-refractivity contribution in [2.45, 2.75) is 0 Å². The molecule has 1 rings (SSSR count). The molecule has 0 N–H and O–H groups in total. The summed E-state index contributed by atoms with van der Waals surface area (Å²) in [6.07, 6.45) is 1.01. The van der Waals surface area contributed by atoms with Gasteiger partial charge in [-0.3, -0.25) is 4.84 Å². The summed E-state index contributed by atoms with van der Waals surface area (Å²) in [6, 6.07) is 7.74. The lowest BCUT2D eigenvalue weighted by Crippen LogP contribution is -2.20. The lowest BCUT2D eigenvalue weighted by atomic mass is 10.2. The first-order valence-corrected chi connectivity index (χ1v) is 5.20. The van der Waals surface area contributed by atoms with Crippen LogP contribution in [0.3, 0.4) is 0 Å². The molecular weight excluding hydrogens is 218 g/mol. The average molecular weight is 235 g/mol. The smallest absolute Gasteiger partial charge is 0.378 e. The van der Waals surface area contributed by atoms with E-state index in [1.807, 2.05) is 43.3 Å². The van der Waals surface area contributed by atoms with Crippen LogP contribution in [0.2, 0.25) is 0 Å². The number of benzene rings is 1. The van der Waals surface area contributed by atoms with E-state index in [1.54, 1.807) is 14.1 Å². The summed E-state index contributed by atoms with van der Waals surface area (Å²) >= 11 is 0. The Labute approximate surface area is 101 Å². The summed E-state index contributed by atoms with van der Waals surface area (Å²) in [5.41, 5.74) is 1.98. The molecule has 0 fully saturated rings. The fraction of sp³-hybridized carbons (Fsp3) is 0.333. The summed E-state index contributed by atoms with van der Waals surface area (Å²) < 4.78 is 0. The zero-order valence-electron chi connectivity index (χ0n) is 10.5. The number of carbonyl (C=O) groups excluding carboxylic acids is 1. The standard InChI is InChI=1S/C12H17N3O2/c1-14(2)11-7-5-10(6-8-11)9-13-17-12(16)15(3)4/h5-9H,1-4H3/b13-9+. The van der Waals surface area contributed by atoms with Crippen LogP contribution in [-0.2, 0) is 4.84 Å². The second kappa shape index (κ2) is 5.89. The van der Waals surface area contributed by atoms with Crippen LogP contribution in [0.5, 0.6) is 0 Å². The monoisotopic (exact) mass is 235 g/mol. The van der Waals surface area contributed by atoms with Gasteiger partial charge in [-0.05, 0) is 17.7 Å². The summed E-state index contributed by atoms with van der Waals surface area (Å²) in [5.74, 6) is 0. The zero-order valence-corrected chi connectivity index (χ0v) is 10.5. The minimum absolute atomic E-state index is 0.494. The van der Waals surface area contributed by atoms with Crippen LogP contribution in [0.15, 0.2) is 29.4 Å². The molecule has 1 aromatic rings. The first-order valence-electron chi connectivity index (χ1n) is 5.20. The van der Waals surface area contributed by atoms with Gasteiger partial charge in [0, 0.05) is 33.9 Å². The highest BCUT2D eigenvalue weighted by Gasteiger charge is 2.02. The van der Waals surface area contributed by atoms with Crippen molar-refractivity contribution in [3.05, 3.63) is 29.8 Å². The van der Waals surface area contributed by atoms with Gasteiger partial charge in [0.15, 0.2) is 0 Å². The van der Waals surface area contributed by atoms with Crippen molar-refractivity contribution < 1.29 is 9.63 Å². The lowest BCUT2D eigenvalue weighted by Gasteiger charge is -2.11. The van der Waals surface area contributed by atoms with Crippen molar-refractivity contribution in [2.24, 2.45) is 5.16 Å². The molecular formula is C12H17N3O2. The Hall–Kier alpha value is -2.04. The zero-order chi connectivity index (χ0) is 12.8. The third kappa shape index (κ3) is 4.14. The van der Waals surface area contributed by atoms with Crippen LogP contribution >= 0.6 is 0 Å². The van der Waals surface area contributed by atoms with Crippen LogP contribution in [0.1, 0.15) is 5.56 Å². The van der Waals surface area contributed by atoms with Crippen LogP contribution in [0.25, 0.3) is 0 Å². The van der Waals surface area contributed by atoms with Gasteiger partial charge in [0.25, 0.3) is 0 Å². The van der Waals surface area contributed by atoms with E-state index in [0.717, 1.165) is 11.3 Å². The predicted molar refractivity (Wildman–Crippen MR) is 68.5 cm³/mol. The Morgan fingerprint density at radius 2 is 1.76 bits per heavy atom. The molecule has 0 atom stereocenters. The Balaban J connectivity index is 2.57. The Morgan fingerprint density at radius 1 is 1.18 bits per heavy atom. The number of hydrogen-bond acceptors (Lipinski definition) is 4. The van der Waals surface area contributed by atoms with Crippen molar-refractivity contribution in [3.63, 3.8) is 0 Å². The van der Waals surface area contributed by atoms with Gasteiger partial charge in [0.05, 0.1) is 6.21 Å². The highest BCUT2D eigenvalue weighted by atomic mass is 16.7. The highest BCUT2D eigenvalue weighted by Crippen LogP contribution is 2.10. The molecule has 92 valence electrons. The van der Waals surface area contributed by atoms with E-state index in [0.29, 0.717) is 0 Å². The summed E-state index contributed by atoms with van der Waals surface area (Å²) in [6.45, 7) is 0. The largest absolute Gasteiger partial charge is 0.435 e. The Bertz CT molecular complexity index is 397. The first kappa shape index (κ1) is 13.0. The molecule has 0 spiro atoms. The number of carbonyl (C=O) groups is 1. The molecule has 5 heteroatoms. The van der Waals surface area contributed by atoms with E-state index in [1.165, 1.54) is 11.1 Å². The van der Waals surface area contributed by atoms with E-state index in [9.17, 15) is 4.79 Å². The fourth-order valence-corrected chi connectivity index (χ4v) is 1.07. The maximum absolute atomic E-state index is 11.1. The van der Waals surface area contributed by atoms with Crippen molar-refractivity contribution in [1.82, 2.24) is 4.90 Å². The minimum Gasteiger partial charge on any atom is -0.378 e. The SMILES string of the molecule is CN(C)C(=O)O/N=C/c1ccc(N(C)C)cc1. The van der Waals surface area contributed by atoms with Gasteiger partial charge >= 0.3 is 6.09 Å². The maximum Gasteiger partial charge on any atom is 0.435 e. The lowest BCUT2D eigenvalue weighted by molar-refractivity contribution is 0.123. The maximum atomic E-state index is 11.1. The second-order valence-electron chi connectivity index (χ2n) is 3.97. The van der Waals surface area contributed by atoms with Gasteiger partial charge in [-0.25, -0.2) is 4.79 Å². The van der Waals surface area contributed by atoms with Crippen LogP contribution in [0.4, 0.5) is 10.5 Å². The Morgan fingerprint density at radius 3 is 2.24 bits per heavy atom. The first-order chi connectivity index (χ1) is 8.00. The van der Waals surface area contributed by atoms with Gasteiger partial charge in [0.1, 0.15) is 0 Å². The number of rotatable bonds is 3. The number of amides is 1. The molecule has 1 aromatic carbocycles. The summed E-state index contributed by atoms with van der Waals surface area (Å²) in [7, 11) is 7.15. The third-order valence-electron chi connectivity index (χ3n) is 2.11.